The van der Waals surface area contributed by atoms with E-state index in [4.69, 9.17) is 4.74 Å². The number of hydrogen-bond donors (Lipinski definition) is 1. The van der Waals surface area contributed by atoms with Gasteiger partial charge in [0.25, 0.3) is 0 Å². The minimum atomic E-state index is -0.133. The molecule has 3 rings (SSSR count). The number of thiol groups is 1. The van der Waals surface area contributed by atoms with Crippen molar-refractivity contribution in [1.82, 2.24) is 4.90 Å². The molecule has 1 amide bonds. The fourth-order valence-electron chi connectivity index (χ4n) is 3.74. The van der Waals surface area contributed by atoms with Crippen LogP contribution in [0.15, 0.2) is 30.3 Å². The summed E-state index contributed by atoms with van der Waals surface area (Å²) < 4.78 is 5.54. The van der Waals surface area contributed by atoms with Crippen LogP contribution in [0, 0.1) is 5.92 Å². The highest BCUT2D eigenvalue weighted by atomic mass is 32.1. The van der Waals surface area contributed by atoms with Crippen LogP contribution < -0.4 is 0 Å². The Labute approximate surface area is 132 Å². The lowest BCUT2D eigenvalue weighted by Crippen LogP contribution is -2.55. The first-order valence-electron chi connectivity index (χ1n) is 7.88. The predicted molar refractivity (Wildman–Crippen MR) is 86.5 cm³/mol. The molecule has 0 saturated carbocycles. The first-order valence-corrected chi connectivity index (χ1v) is 8.51. The van der Waals surface area contributed by atoms with Gasteiger partial charge in [-0.15, -0.1) is 0 Å². The van der Waals surface area contributed by atoms with Crippen molar-refractivity contribution in [1.29, 1.82) is 0 Å². The number of benzene rings is 1. The molecule has 2 atom stereocenters. The molecule has 0 aliphatic carbocycles. The monoisotopic (exact) mass is 305 g/mol. The number of amides is 1. The number of hydrogen-bond acceptors (Lipinski definition) is 3. The van der Waals surface area contributed by atoms with Gasteiger partial charge in [-0.05, 0) is 49.3 Å². The lowest BCUT2D eigenvalue weighted by atomic mass is 9.79. The second-order valence-electron chi connectivity index (χ2n) is 6.21. The van der Waals surface area contributed by atoms with Crippen LogP contribution in [0.4, 0.5) is 4.79 Å². The molecule has 0 radical (unpaired) electrons. The van der Waals surface area contributed by atoms with Crippen LogP contribution in [0.1, 0.15) is 37.7 Å². The SMILES string of the molecule is O=C(OCc1ccccc1)N1C2CCCC1CC(CS)C2. The third-order valence-electron chi connectivity index (χ3n) is 4.75. The number of carbonyl (C=O) groups is 1. The maximum absolute atomic E-state index is 12.5. The number of rotatable bonds is 3. The van der Waals surface area contributed by atoms with E-state index in [2.05, 4.69) is 12.6 Å². The van der Waals surface area contributed by atoms with Crippen molar-refractivity contribution in [2.75, 3.05) is 5.75 Å². The average molecular weight is 305 g/mol. The summed E-state index contributed by atoms with van der Waals surface area (Å²) in [4.78, 5) is 14.5. The summed E-state index contributed by atoms with van der Waals surface area (Å²) in [6.45, 7) is 0.367. The summed E-state index contributed by atoms with van der Waals surface area (Å²) in [5.41, 5.74) is 1.04. The highest BCUT2D eigenvalue weighted by Crippen LogP contribution is 2.37. The largest absolute Gasteiger partial charge is 0.445 e. The molecular weight excluding hydrogens is 282 g/mol. The lowest BCUT2D eigenvalue weighted by molar-refractivity contribution is 0.00673. The smallest absolute Gasteiger partial charge is 0.410 e. The Hall–Kier alpha value is -1.16. The minimum absolute atomic E-state index is 0.133. The Morgan fingerprint density at radius 1 is 1.19 bits per heavy atom. The fourth-order valence-corrected chi connectivity index (χ4v) is 4.03. The topological polar surface area (TPSA) is 29.5 Å². The van der Waals surface area contributed by atoms with Crippen LogP contribution in [0.3, 0.4) is 0 Å². The lowest BCUT2D eigenvalue weighted by Gasteiger charge is -2.47. The Bertz CT molecular complexity index is 465. The van der Waals surface area contributed by atoms with Crippen LogP contribution in [-0.2, 0) is 11.3 Å². The molecule has 0 aromatic heterocycles. The summed E-state index contributed by atoms with van der Waals surface area (Å²) in [5.74, 6) is 1.58. The van der Waals surface area contributed by atoms with Gasteiger partial charge in [0.1, 0.15) is 6.61 Å². The predicted octanol–water partition coefficient (Wildman–Crippen LogP) is 3.89. The molecule has 114 valence electrons. The van der Waals surface area contributed by atoms with Gasteiger partial charge in [0.15, 0.2) is 0 Å². The normalized spacial score (nSPS) is 28.2. The number of piperidine rings is 2. The van der Waals surface area contributed by atoms with Crippen LogP contribution in [-0.4, -0.2) is 28.8 Å². The molecule has 2 aliphatic heterocycles. The number of fused-ring (bicyclic) bond motifs is 2. The summed E-state index contributed by atoms with van der Waals surface area (Å²) in [6, 6.07) is 10.6. The van der Waals surface area contributed by atoms with Gasteiger partial charge in [-0.1, -0.05) is 30.3 Å². The van der Waals surface area contributed by atoms with E-state index in [9.17, 15) is 4.79 Å². The highest BCUT2D eigenvalue weighted by Gasteiger charge is 2.41. The first-order chi connectivity index (χ1) is 10.3. The summed E-state index contributed by atoms with van der Waals surface area (Å²) in [6.07, 6.45) is 5.49. The standard InChI is InChI=1S/C17H23NO2S/c19-17(20-11-13-5-2-1-3-6-13)18-15-7-4-8-16(18)10-14(9-15)12-21/h1-3,5-6,14-16,21H,4,7-12H2. The molecule has 4 heteroatoms. The van der Waals surface area contributed by atoms with Crippen molar-refractivity contribution in [2.45, 2.75) is 50.8 Å². The summed E-state index contributed by atoms with van der Waals surface area (Å²) in [7, 11) is 0. The van der Waals surface area contributed by atoms with Crippen LogP contribution in [0.5, 0.6) is 0 Å². The van der Waals surface area contributed by atoms with E-state index in [1.165, 1.54) is 6.42 Å². The molecule has 2 unspecified atom stereocenters. The van der Waals surface area contributed by atoms with Crippen molar-refractivity contribution in [3.8, 4) is 0 Å². The van der Waals surface area contributed by atoms with Gasteiger partial charge < -0.3 is 9.64 Å². The van der Waals surface area contributed by atoms with Crippen LogP contribution in [0.2, 0.25) is 0 Å². The van der Waals surface area contributed by atoms with Gasteiger partial charge in [0.05, 0.1) is 0 Å². The zero-order chi connectivity index (χ0) is 14.7. The molecule has 2 saturated heterocycles. The minimum Gasteiger partial charge on any atom is -0.445 e. The molecule has 2 bridgehead atoms. The quantitative estimate of drug-likeness (QED) is 0.859. The Balaban J connectivity index is 1.61. The van der Waals surface area contributed by atoms with E-state index in [0.717, 1.165) is 37.0 Å². The van der Waals surface area contributed by atoms with Crippen molar-refractivity contribution < 1.29 is 9.53 Å². The molecule has 2 heterocycles. The van der Waals surface area contributed by atoms with Gasteiger partial charge in [0.2, 0.25) is 0 Å². The molecule has 3 nitrogen and oxygen atoms in total. The number of carbonyl (C=O) groups excluding carboxylic acids is 1. The van der Waals surface area contributed by atoms with Crippen LogP contribution >= 0.6 is 12.6 Å². The van der Waals surface area contributed by atoms with Gasteiger partial charge in [-0.2, -0.15) is 12.6 Å². The molecular formula is C17H23NO2S. The van der Waals surface area contributed by atoms with Gasteiger partial charge in [0, 0.05) is 12.1 Å². The number of nitrogens with zero attached hydrogens (tertiary/aromatic N) is 1. The molecule has 21 heavy (non-hydrogen) atoms. The molecule has 0 spiro atoms. The van der Waals surface area contributed by atoms with E-state index >= 15 is 0 Å². The fraction of sp³-hybridized carbons (Fsp3) is 0.588. The maximum atomic E-state index is 12.5. The Morgan fingerprint density at radius 2 is 1.86 bits per heavy atom. The highest BCUT2D eigenvalue weighted by molar-refractivity contribution is 7.80. The van der Waals surface area contributed by atoms with E-state index in [1.807, 2.05) is 35.2 Å². The second kappa shape index (κ2) is 6.73. The molecule has 0 N–H and O–H groups in total. The van der Waals surface area contributed by atoms with E-state index in [-0.39, 0.29) is 6.09 Å². The summed E-state index contributed by atoms with van der Waals surface area (Å²) in [5, 5.41) is 0. The van der Waals surface area contributed by atoms with Crippen molar-refractivity contribution >= 4 is 18.7 Å². The van der Waals surface area contributed by atoms with Crippen LogP contribution in [0.25, 0.3) is 0 Å². The third-order valence-corrected chi connectivity index (χ3v) is 5.26. The van der Waals surface area contributed by atoms with Crippen molar-refractivity contribution in [3.05, 3.63) is 35.9 Å². The van der Waals surface area contributed by atoms with E-state index in [0.29, 0.717) is 24.6 Å². The molecule has 2 fully saturated rings. The Kier molecular flexibility index (Phi) is 4.73. The van der Waals surface area contributed by atoms with E-state index < -0.39 is 0 Å². The van der Waals surface area contributed by atoms with Gasteiger partial charge in [-0.3, -0.25) is 0 Å². The second-order valence-corrected chi connectivity index (χ2v) is 6.57. The Morgan fingerprint density at radius 3 is 2.48 bits per heavy atom. The molecule has 2 aliphatic rings. The van der Waals surface area contributed by atoms with Crippen molar-refractivity contribution in [2.24, 2.45) is 5.92 Å². The maximum Gasteiger partial charge on any atom is 0.410 e. The number of ether oxygens (including phenoxy) is 1. The van der Waals surface area contributed by atoms with Crippen molar-refractivity contribution in [3.63, 3.8) is 0 Å². The molecule has 1 aromatic carbocycles. The average Bonchev–Trinajstić information content (AvgIpc) is 2.52. The van der Waals surface area contributed by atoms with Gasteiger partial charge in [-0.25, -0.2) is 4.79 Å². The van der Waals surface area contributed by atoms with Gasteiger partial charge >= 0.3 is 6.09 Å². The zero-order valence-corrected chi connectivity index (χ0v) is 13.2. The third kappa shape index (κ3) is 3.37. The summed E-state index contributed by atoms with van der Waals surface area (Å²) >= 11 is 4.44. The first kappa shape index (κ1) is 14.8. The molecule has 1 aromatic rings. The zero-order valence-electron chi connectivity index (χ0n) is 12.3. The van der Waals surface area contributed by atoms with E-state index in [1.54, 1.807) is 0 Å².